The zero-order valence-electron chi connectivity index (χ0n) is 14.7. The molecule has 0 aliphatic carbocycles. The van der Waals surface area contributed by atoms with Crippen LogP contribution in [0.25, 0.3) is 11.5 Å². The molecule has 0 bridgehead atoms. The van der Waals surface area contributed by atoms with E-state index in [1.165, 1.54) is 0 Å². The van der Waals surface area contributed by atoms with Gasteiger partial charge in [0.25, 0.3) is 5.91 Å². The predicted octanol–water partition coefficient (Wildman–Crippen LogP) is 3.69. The van der Waals surface area contributed by atoms with E-state index in [0.717, 1.165) is 17.8 Å². The van der Waals surface area contributed by atoms with Crippen molar-refractivity contribution in [2.45, 2.75) is 33.2 Å². The Labute approximate surface area is 160 Å². The van der Waals surface area contributed by atoms with E-state index in [4.69, 9.17) is 10.2 Å². The molecular formula is C18H25Cl2N3O2. The summed E-state index contributed by atoms with van der Waals surface area (Å²) in [7, 11) is 0. The van der Waals surface area contributed by atoms with Crippen LogP contribution in [0.4, 0.5) is 0 Å². The third kappa shape index (κ3) is 4.35. The topological polar surface area (TPSA) is 72.4 Å². The Morgan fingerprint density at radius 2 is 2.04 bits per heavy atom. The van der Waals surface area contributed by atoms with Crippen LogP contribution in [0, 0.1) is 12.3 Å². The van der Waals surface area contributed by atoms with Crippen LogP contribution in [0.2, 0.25) is 0 Å². The molecule has 2 aromatic heterocycles. The summed E-state index contributed by atoms with van der Waals surface area (Å²) >= 11 is 0. The van der Waals surface area contributed by atoms with Gasteiger partial charge in [0.1, 0.15) is 5.69 Å². The number of nitrogens with two attached hydrogens (primary N) is 1. The molecule has 0 saturated carbocycles. The second-order valence-electron chi connectivity index (χ2n) is 6.92. The summed E-state index contributed by atoms with van der Waals surface area (Å²) in [6, 6.07) is 7.48. The van der Waals surface area contributed by atoms with Gasteiger partial charge in [0.15, 0.2) is 5.76 Å². The first-order valence-electron chi connectivity index (χ1n) is 7.95. The number of rotatable bonds is 2. The first-order valence-corrected chi connectivity index (χ1v) is 7.95. The highest BCUT2D eigenvalue weighted by atomic mass is 35.5. The quantitative estimate of drug-likeness (QED) is 0.855. The predicted molar refractivity (Wildman–Crippen MR) is 103 cm³/mol. The highest BCUT2D eigenvalue weighted by Gasteiger charge is 2.35. The molecule has 7 heteroatoms. The van der Waals surface area contributed by atoms with Crippen molar-refractivity contribution in [2.75, 3.05) is 13.1 Å². The lowest BCUT2D eigenvalue weighted by molar-refractivity contribution is 0.0532. The van der Waals surface area contributed by atoms with Gasteiger partial charge < -0.3 is 15.1 Å². The van der Waals surface area contributed by atoms with E-state index in [-0.39, 0.29) is 42.2 Å². The number of amides is 1. The number of piperidine rings is 1. The van der Waals surface area contributed by atoms with E-state index in [0.29, 0.717) is 24.4 Å². The highest BCUT2D eigenvalue weighted by Crippen LogP contribution is 2.29. The molecule has 1 amide bonds. The van der Waals surface area contributed by atoms with Gasteiger partial charge in [0, 0.05) is 19.1 Å². The molecule has 0 aromatic carbocycles. The Balaban J connectivity index is 0.00000156. The molecule has 1 aliphatic heterocycles. The fraction of sp³-hybridized carbons (Fsp3) is 0.444. The normalized spacial score (nSPS) is 18.9. The van der Waals surface area contributed by atoms with Gasteiger partial charge in [-0.2, -0.15) is 0 Å². The van der Waals surface area contributed by atoms with Crippen molar-refractivity contribution in [2.24, 2.45) is 11.1 Å². The van der Waals surface area contributed by atoms with Crippen molar-refractivity contribution in [3.05, 3.63) is 41.8 Å². The minimum atomic E-state index is -0.0661. The Hall–Kier alpha value is -1.56. The average Bonchev–Trinajstić information content (AvgIpc) is 3.03. The van der Waals surface area contributed by atoms with E-state index in [2.05, 4.69) is 18.8 Å². The highest BCUT2D eigenvalue weighted by molar-refractivity contribution is 5.95. The second kappa shape index (κ2) is 8.21. The van der Waals surface area contributed by atoms with Gasteiger partial charge in [-0.25, -0.2) is 4.98 Å². The number of carbonyl (C=O) groups is 1. The monoisotopic (exact) mass is 385 g/mol. The minimum absolute atomic E-state index is 0. The third-order valence-electron chi connectivity index (χ3n) is 4.69. The summed E-state index contributed by atoms with van der Waals surface area (Å²) in [5.41, 5.74) is 8.20. The molecule has 1 aliphatic rings. The summed E-state index contributed by atoms with van der Waals surface area (Å²) < 4.78 is 5.36. The lowest BCUT2D eigenvalue weighted by Gasteiger charge is -2.42. The lowest BCUT2D eigenvalue weighted by Crippen LogP contribution is -2.54. The summed E-state index contributed by atoms with van der Waals surface area (Å²) in [6.07, 6.45) is 2.44. The van der Waals surface area contributed by atoms with Gasteiger partial charge in [0.05, 0.1) is 17.5 Å². The molecule has 138 valence electrons. The van der Waals surface area contributed by atoms with Crippen LogP contribution >= 0.6 is 24.8 Å². The molecule has 0 spiro atoms. The standard InChI is InChI=1S/C18H23N3O2.2ClH/c1-12-13(6-7-14(20-12)15-5-4-10-23-15)17(22)21-9-8-16(19)18(2,3)11-21;;/h4-7,10,16H,8-9,11,19H2,1-3H3;2*1H. The van der Waals surface area contributed by atoms with Crippen molar-refractivity contribution in [3.8, 4) is 11.5 Å². The number of aromatic nitrogens is 1. The number of carbonyl (C=O) groups excluding carboxylic acids is 1. The van der Waals surface area contributed by atoms with Crippen LogP contribution in [-0.4, -0.2) is 34.9 Å². The molecule has 2 aromatic rings. The van der Waals surface area contributed by atoms with Crippen LogP contribution < -0.4 is 5.73 Å². The van der Waals surface area contributed by atoms with Crippen molar-refractivity contribution in [3.63, 3.8) is 0 Å². The van der Waals surface area contributed by atoms with Crippen LogP contribution in [0.5, 0.6) is 0 Å². The molecule has 2 N–H and O–H groups in total. The minimum Gasteiger partial charge on any atom is -0.463 e. The van der Waals surface area contributed by atoms with Crippen LogP contribution in [-0.2, 0) is 0 Å². The molecular weight excluding hydrogens is 361 g/mol. The summed E-state index contributed by atoms with van der Waals surface area (Å²) in [5, 5.41) is 0. The van der Waals surface area contributed by atoms with Gasteiger partial charge in [-0.1, -0.05) is 13.8 Å². The summed E-state index contributed by atoms with van der Waals surface area (Å²) in [6.45, 7) is 7.46. The van der Waals surface area contributed by atoms with Crippen molar-refractivity contribution >= 4 is 30.7 Å². The second-order valence-corrected chi connectivity index (χ2v) is 6.92. The molecule has 3 heterocycles. The molecule has 25 heavy (non-hydrogen) atoms. The molecule has 0 radical (unpaired) electrons. The average molecular weight is 386 g/mol. The third-order valence-corrected chi connectivity index (χ3v) is 4.69. The lowest BCUT2D eigenvalue weighted by atomic mass is 9.79. The zero-order valence-corrected chi connectivity index (χ0v) is 16.3. The van der Waals surface area contributed by atoms with E-state index in [9.17, 15) is 4.79 Å². The maximum atomic E-state index is 12.8. The number of likely N-dealkylation sites (tertiary alicyclic amines) is 1. The Bertz CT molecular complexity index is 717. The number of hydrogen-bond donors (Lipinski definition) is 1. The van der Waals surface area contributed by atoms with Crippen LogP contribution in [0.15, 0.2) is 34.9 Å². The molecule has 3 rings (SSSR count). The Kier molecular flexibility index (Phi) is 7.06. The van der Waals surface area contributed by atoms with Crippen molar-refractivity contribution in [1.29, 1.82) is 0 Å². The van der Waals surface area contributed by atoms with E-state index < -0.39 is 0 Å². The maximum Gasteiger partial charge on any atom is 0.255 e. The summed E-state index contributed by atoms with van der Waals surface area (Å²) in [5.74, 6) is 0.734. The van der Waals surface area contributed by atoms with Gasteiger partial charge in [-0.15, -0.1) is 24.8 Å². The fourth-order valence-electron chi connectivity index (χ4n) is 3.07. The first-order chi connectivity index (χ1) is 10.9. The number of halogens is 2. The first kappa shape index (κ1) is 21.5. The smallest absolute Gasteiger partial charge is 0.255 e. The number of pyridine rings is 1. The number of nitrogens with zero attached hydrogens (tertiary/aromatic N) is 2. The van der Waals surface area contributed by atoms with E-state index in [1.54, 1.807) is 6.26 Å². The molecule has 1 atom stereocenters. The Morgan fingerprint density at radius 1 is 1.32 bits per heavy atom. The largest absolute Gasteiger partial charge is 0.463 e. The molecule has 1 saturated heterocycles. The Morgan fingerprint density at radius 3 is 2.60 bits per heavy atom. The van der Waals surface area contributed by atoms with E-state index >= 15 is 0 Å². The number of furan rings is 1. The zero-order chi connectivity index (χ0) is 16.6. The van der Waals surface area contributed by atoms with Gasteiger partial charge in [-0.05, 0) is 43.0 Å². The maximum absolute atomic E-state index is 12.8. The van der Waals surface area contributed by atoms with Crippen molar-refractivity contribution in [1.82, 2.24) is 9.88 Å². The molecule has 1 unspecified atom stereocenters. The number of hydrogen-bond acceptors (Lipinski definition) is 4. The fourth-order valence-corrected chi connectivity index (χ4v) is 3.07. The SMILES string of the molecule is Cc1nc(-c2ccco2)ccc1C(=O)N1CCC(N)C(C)(C)C1.Cl.Cl. The van der Waals surface area contributed by atoms with E-state index in [1.807, 2.05) is 36.1 Å². The summed E-state index contributed by atoms with van der Waals surface area (Å²) in [4.78, 5) is 19.2. The van der Waals surface area contributed by atoms with Gasteiger partial charge in [0.2, 0.25) is 0 Å². The van der Waals surface area contributed by atoms with Crippen LogP contribution in [0.1, 0.15) is 36.3 Å². The van der Waals surface area contributed by atoms with Crippen molar-refractivity contribution < 1.29 is 9.21 Å². The van der Waals surface area contributed by atoms with Crippen LogP contribution in [0.3, 0.4) is 0 Å². The molecule has 5 nitrogen and oxygen atoms in total. The van der Waals surface area contributed by atoms with Gasteiger partial charge in [-0.3, -0.25) is 4.79 Å². The molecule has 1 fully saturated rings. The van der Waals surface area contributed by atoms with Gasteiger partial charge >= 0.3 is 0 Å². The number of aryl methyl sites for hydroxylation is 1.